The van der Waals surface area contributed by atoms with Gasteiger partial charge < -0.3 is 11.1 Å². The molecule has 124 valence electrons. The summed E-state index contributed by atoms with van der Waals surface area (Å²) in [4.78, 5) is 37.7. The highest BCUT2D eigenvalue weighted by atomic mass is 79.9. The van der Waals surface area contributed by atoms with Crippen molar-refractivity contribution in [2.45, 2.75) is 26.3 Å². The van der Waals surface area contributed by atoms with Crippen molar-refractivity contribution in [2.24, 2.45) is 11.7 Å². The van der Waals surface area contributed by atoms with Gasteiger partial charge in [0.15, 0.2) is 0 Å². The van der Waals surface area contributed by atoms with Crippen LogP contribution in [0, 0.1) is 5.92 Å². The minimum atomic E-state index is -0.449. The molecule has 2 rings (SSSR count). The Morgan fingerprint density at radius 2 is 1.91 bits per heavy atom. The van der Waals surface area contributed by atoms with Gasteiger partial charge in [-0.05, 0) is 30.5 Å². The van der Waals surface area contributed by atoms with E-state index in [-0.39, 0.29) is 18.5 Å². The number of nitrogens with two attached hydrogens (primary N) is 1. The average molecular weight is 382 g/mol. The third kappa shape index (κ3) is 3.97. The van der Waals surface area contributed by atoms with Crippen LogP contribution in [-0.4, -0.2) is 41.8 Å². The van der Waals surface area contributed by atoms with E-state index >= 15 is 0 Å². The predicted molar refractivity (Wildman–Crippen MR) is 89.9 cm³/mol. The number of nitrogens with zero attached hydrogens (tertiary/aromatic N) is 1. The molecule has 23 heavy (non-hydrogen) atoms. The highest BCUT2D eigenvalue weighted by molar-refractivity contribution is 9.10. The number of fused-ring (bicyclic) bond motifs is 1. The zero-order valence-corrected chi connectivity index (χ0v) is 14.7. The monoisotopic (exact) mass is 381 g/mol. The Hall–Kier alpha value is -1.73. The second kappa shape index (κ2) is 7.23. The third-order valence-corrected chi connectivity index (χ3v) is 4.13. The molecule has 3 N–H and O–H groups in total. The van der Waals surface area contributed by atoms with Gasteiger partial charge in [0.25, 0.3) is 11.8 Å². The number of carbonyl (C=O) groups is 3. The van der Waals surface area contributed by atoms with Gasteiger partial charge in [-0.1, -0.05) is 29.8 Å². The number of hydrogen-bond donors (Lipinski definition) is 2. The van der Waals surface area contributed by atoms with E-state index in [1.54, 1.807) is 18.2 Å². The first-order chi connectivity index (χ1) is 10.8. The average Bonchev–Trinajstić information content (AvgIpc) is 2.70. The molecule has 1 aromatic carbocycles. The van der Waals surface area contributed by atoms with Gasteiger partial charge in [-0.3, -0.25) is 19.3 Å². The predicted octanol–water partition coefficient (Wildman–Crippen LogP) is 1.53. The lowest BCUT2D eigenvalue weighted by Gasteiger charge is -2.20. The van der Waals surface area contributed by atoms with Crippen LogP contribution in [0.2, 0.25) is 0 Å². The van der Waals surface area contributed by atoms with Crippen molar-refractivity contribution in [1.82, 2.24) is 10.2 Å². The van der Waals surface area contributed by atoms with Crippen molar-refractivity contribution in [3.63, 3.8) is 0 Å². The Balaban J connectivity index is 2.05. The Bertz CT molecular complexity index is 645. The van der Waals surface area contributed by atoms with Crippen LogP contribution in [0.1, 0.15) is 41.0 Å². The quantitative estimate of drug-likeness (QED) is 0.730. The molecule has 1 aliphatic rings. The number of carbonyl (C=O) groups excluding carboxylic acids is 3. The highest BCUT2D eigenvalue weighted by Crippen LogP contribution is 2.25. The summed E-state index contributed by atoms with van der Waals surface area (Å²) in [5.41, 5.74) is 6.29. The molecule has 0 fully saturated rings. The van der Waals surface area contributed by atoms with Crippen LogP contribution in [-0.2, 0) is 4.79 Å². The summed E-state index contributed by atoms with van der Waals surface area (Å²) in [7, 11) is 0. The van der Waals surface area contributed by atoms with Crippen LogP contribution in [0.3, 0.4) is 0 Å². The van der Waals surface area contributed by atoms with E-state index in [1.807, 2.05) is 13.8 Å². The van der Waals surface area contributed by atoms with E-state index in [0.717, 1.165) is 11.3 Å². The maximum Gasteiger partial charge on any atom is 0.262 e. The zero-order chi connectivity index (χ0) is 17.1. The van der Waals surface area contributed by atoms with Crippen molar-refractivity contribution in [1.29, 1.82) is 0 Å². The number of rotatable bonds is 6. The molecule has 1 aliphatic heterocycles. The first kappa shape index (κ1) is 17.6. The fourth-order valence-corrected chi connectivity index (χ4v) is 2.97. The Morgan fingerprint density at radius 1 is 1.26 bits per heavy atom. The Kier molecular flexibility index (Phi) is 5.54. The summed E-state index contributed by atoms with van der Waals surface area (Å²) in [5, 5.41) is 2.78. The molecule has 1 aromatic rings. The van der Waals surface area contributed by atoms with Crippen molar-refractivity contribution < 1.29 is 14.4 Å². The number of imide groups is 1. The lowest BCUT2D eigenvalue weighted by Crippen LogP contribution is -2.46. The van der Waals surface area contributed by atoms with E-state index in [2.05, 4.69) is 21.2 Å². The molecule has 0 aromatic heterocycles. The first-order valence-electron chi connectivity index (χ1n) is 7.48. The van der Waals surface area contributed by atoms with Crippen molar-refractivity contribution in [3.8, 4) is 0 Å². The van der Waals surface area contributed by atoms with E-state index in [4.69, 9.17) is 5.73 Å². The van der Waals surface area contributed by atoms with Crippen LogP contribution in [0.4, 0.5) is 0 Å². The van der Waals surface area contributed by atoms with Crippen LogP contribution in [0.25, 0.3) is 0 Å². The van der Waals surface area contributed by atoms with Gasteiger partial charge in [-0.2, -0.15) is 0 Å². The summed E-state index contributed by atoms with van der Waals surface area (Å²) in [6.07, 6.45) is 0.747. The Labute approximate surface area is 143 Å². The lowest BCUT2D eigenvalue weighted by atomic mass is 10.0. The normalized spacial score (nSPS) is 15.1. The van der Waals surface area contributed by atoms with Crippen molar-refractivity contribution >= 4 is 33.7 Å². The second-order valence-corrected chi connectivity index (χ2v) is 6.93. The maximum atomic E-state index is 12.3. The summed E-state index contributed by atoms with van der Waals surface area (Å²) in [6.45, 7) is 4.10. The summed E-state index contributed by atoms with van der Waals surface area (Å²) >= 11 is 3.27. The Morgan fingerprint density at radius 3 is 2.52 bits per heavy atom. The van der Waals surface area contributed by atoms with Crippen molar-refractivity contribution in [2.75, 3.05) is 13.1 Å². The van der Waals surface area contributed by atoms with Crippen molar-refractivity contribution in [3.05, 3.63) is 33.8 Å². The summed E-state index contributed by atoms with van der Waals surface area (Å²) in [5.74, 6) is -0.884. The molecule has 1 unspecified atom stereocenters. The molecule has 0 bridgehead atoms. The van der Waals surface area contributed by atoms with Crippen LogP contribution < -0.4 is 11.1 Å². The van der Waals surface area contributed by atoms with E-state index < -0.39 is 11.8 Å². The van der Waals surface area contributed by atoms with E-state index in [0.29, 0.717) is 28.1 Å². The SMILES string of the molecule is CC(C)CC(CN)NC(=O)CN1C(=O)c2ccc(Br)cc2C1=O. The molecule has 0 spiro atoms. The van der Waals surface area contributed by atoms with Gasteiger partial charge >= 0.3 is 0 Å². The molecule has 0 saturated heterocycles. The lowest BCUT2D eigenvalue weighted by molar-refractivity contribution is -0.122. The number of hydrogen-bond acceptors (Lipinski definition) is 4. The van der Waals surface area contributed by atoms with Crippen LogP contribution in [0.5, 0.6) is 0 Å². The molecule has 6 nitrogen and oxygen atoms in total. The van der Waals surface area contributed by atoms with Crippen LogP contribution in [0.15, 0.2) is 22.7 Å². The van der Waals surface area contributed by atoms with Gasteiger partial charge in [-0.25, -0.2) is 0 Å². The van der Waals surface area contributed by atoms with E-state index in [1.165, 1.54) is 0 Å². The number of benzene rings is 1. The van der Waals surface area contributed by atoms with Gasteiger partial charge in [0.1, 0.15) is 6.54 Å². The molecule has 1 atom stereocenters. The van der Waals surface area contributed by atoms with Gasteiger partial charge in [0, 0.05) is 17.1 Å². The van der Waals surface area contributed by atoms with E-state index in [9.17, 15) is 14.4 Å². The minimum absolute atomic E-state index is 0.160. The number of amides is 3. The van der Waals surface area contributed by atoms with Gasteiger partial charge in [-0.15, -0.1) is 0 Å². The molecule has 0 radical (unpaired) electrons. The fraction of sp³-hybridized carbons (Fsp3) is 0.438. The third-order valence-electron chi connectivity index (χ3n) is 3.64. The molecule has 7 heteroatoms. The van der Waals surface area contributed by atoms with Gasteiger partial charge in [0.05, 0.1) is 11.1 Å². The standard InChI is InChI=1S/C16H20BrN3O3/c1-9(2)5-11(7-18)19-14(21)8-20-15(22)12-4-3-10(17)6-13(12)16(20)23/h3-4,6,9,11H,5,7-8,18H2,1-2H3,(H,19,21). The molecule has 1 heterocycles. The molecular weight excluding hydrogens is 362 g/mol. The smallest absolute Gasteiger partial charge is 0.262 e. The zero-order valence-electron chi connectivity index (χ0n) is 13.1. The second-order valence-electron chi connectivity index (χ2n) is 6.02. The first-order valence-corrected chi connectivity index (χ1v) is 8.28. The molecule has 0 saturated carbocycles. The molecule has 0 aliphatic carbocycles. The van der Waals surface area contributed by atoms with Crippen LogP contribution >= 0.6 is 15.9 Å². The summed E-state index contributed by atoms with van der Waals surface area (Å²) in [6, 6.07) is 4.71. The molecular formula is C16H20BrN3O3. The largest absolute Gasteiger partial charge is 0.351 e. The maximum absolute atomic E-state index is 12.3. The minimum Gasteiger partial charge on any atom is -0.351 e. The topological polar surface area (TPSA) is 92.5 Å². The van der Waals surface area contributed by atoms with Gasteiger partial charge in [0.2, 0.25) is 5.91 Å². The number of nitrogens with one attached hydrogen (secondary N) is 1. The molecule has 3 amide bonds. The fourth-order valence-electron chi connectivity index (χ4n) is 2.61. The number of halogens is 1. The highest BCUT2D eigenvalue weighted by Gasteiger charge is 2.36. The summed E-state index contributed by atoms with van der Waals surface area (Å²) < 4.78 is 0.712.